The Morgan fingerprint density at radius 1 is 1.33 bits per heavy atom. The molecule has 0 bridgehead atoms. The predicted molar refractivity (Wildman–Crippen MR) is 50.8 cm³/mol. The Kier molecular flexibility index (Phi) is 7.31. The van der Waals surface area contributed by atoms with E-state index >= 15 is 0 Å². The third-order valence-corrected chi connectivity index (χ3v) is 1.85. The van der Waals surface area contributed by atoms with Crippen molar-refractivity contribution in [3.8, 4) is 0 Å². The molecule has 12 heavy (non-hydrogen) atoms. The van der Waals surface area contributed by atoms with Gasteiger partial charge in [-0.2, -0.15) is 0 Å². The average molecular weight is 211 g/mol. The Labute approximate surface area is 82.2 Å². The van der Waals surface area contributed by atoms with Crippen molar-refractivity contribution in [2.24, 2.45) is 0 Å². The van der Waals surface area contributed by atoms with Gasteiger partial charge in [0.2, 0.25) is 0 Å². The van der Waals surface area contributed by atoms with Crippen LogP contribution in [0, 0.1) is 0 Å². The minimum absolute atomic E-state index is 0.213. The van der Waals surface area contributed by atoms with Crippen molar-refractivity contribution in [2.45, 2.75) is 25.7 Å². The number of rotatable bonds is 6. The molecule has 0 aromatic rings. The van der Waals surface area contributed by atoms with E-state index in [0.717, 1.165) is 17.9 Å². The zero-order chi connectivity index (χ0) is 9.40. The van der Waals surface area contributed by atoms with Gasteiger partial charge in [-0.15, -0.1) is 11.6 Å². The Hall–Kier alpha value is -0.210. The number of alkyl halides is 1. The maximum absolute atomic E-state index is 10.1. The highest BCUT2D eigenvalue weighted by Gasteiger charge is 1.97. The van der Waals surface area contributed by atoms with E-state index in [4.69, 9.17) is 28.3 Å². The first-order chi connectivity index (χ1) is 5.66. The van der Waals surface area contributed by atoms with Crippen LogP contribution >= 0.6 is 23.2 Å². The fourth-order valence-electron chi connectivity index (χ4n) is 0.756. The van der Waals surface area contributed by atoms with Gasteiger partial charge in [0.25, 0.3) is 0 Å². The standard InChI is InChI=1S/C8H12Cl2O2/c9-6-5-7(10)3-1-2-4-8(11)12/h5H,1-4,6H2,(H,11,12). The number of hydrogen-bond acceptors (Lipinski definition) is 1. The zero-order valence-electron chi connectivity index (χ0n) is 6.72. The van der Waals surface area contributed by atoms with Gasteiger partial charge in [0, 0.05) is 17.3 Å². The molecule has 0 aromatic carbocycles. The van der Waals surface area contributed by atoms with Crippen molar-refractivity contribution in [1.82, 2.24) is 0 Å². The quantitative estimate of drug-likeness (QED) is 0.541. The number of allylic oxidation sites excluding steroid dienone is 2. The number of carboxylic acids is 1. The second-order valence-electron chi connectivity index (χ2n) is 2.41. The van der Waals surface area contributed by atoms with Gasteiger partial charge in [-0.1, -0.05) is 17.7 Å². The van der Waals surface area contributed by atoms with E-state index in [1.165, 1.54) is 0 Å². The van der Waals surface area contributed by atoms with E-state index in [-0.39, 0.29) is 6.42 Å². The molecule has 0 saturated heterocycles. The second kappa shape index (κ2) is 7.44. The second-order valence-corrected chi connectivity index (χ2v) is 3.20. The lowest BCUT2D eigenvalue weighted by Crippen LogP contribution is -1.93. The Bertz CT molecular complexity index is 166. The van der Waals surface area contributed by atoms with Gasteiger partial charge in [-0.05, 0) is 19.3 Å². The van der Waals surface area contributed by atoms with Crippen LogP contribution in [-0.2, 0) is 4.79 Å². The first kappa shape index (κ1) is 11.8. The van der Waals surface area contributed by atoms with Crippen molar-refractivity contribution in [3.63, 3.8) is 0 Å². The molecule has 0 aliphatic rings. The van der Waals surface area contributed by atoms with Crippen LogP contribution in [0.15, 0.2) is 11.1 Å². The fraction of sp³-hybridized carbons (Fsp3) is 0.625. The summed E-state index contributed by atoms with van der Waals surface area (Å²) in [7, 11) is 0. The lowest BCUT2D eigenvalue weighted by molar-refractivity contribution is -0.137. The Balaban J connectivity index is 3.31. The SMILES string of the molecule is O=C(O)CCCCC(Cl)=CCCl. The van der Waals surface area contributed by atoms with E-state index in [9.17, 15) is 4.79 Å². The molecular formula is C8H12Cl2O2. The van der Waals surface area contributed by atoms with E-state index in [2.05, 4.69) is 0 Å². The molecule has 2 nitrogen and oxygen atoms in total. The third-order valence-electron chi connectivity index (χ3n) is 1.35. The molecule has 0 amide bonds. The lowest BCUT2D eigenvalue weighted by atomic mass is 10.2. The molecule has 0 unspecified atom stereocenters. The number of carbonyl (C=O) groups is 1. The highest BCUT2D eigenvalue weighted by atomic mass is 35.5. The predicted octanol–water partition coefficient (Wildman–Crippen LogP) is 2.99. The van der Waals surface area contributed by atoms with Gasteiger partial charge in [0.15, 0.2) is 0 Å². The minimum Gasteiger partial charge on any atom is -0.481 e. The van der Waals surface area contributed by atoms with E-state index < -0.39 is 5.97 Å². The van der Waals surface area contributed by atoms with Crippen LogP contribution in [0.5, 0.6) is 0 Å². The lowest BCUT2D eigenvalue weighted by Gasteiger charge is -1.96. The smallest absolute Gasteiger partial charge is 0.303 e. The summed E-state index contributed by atoms with van der Waals surface area (Å²) in [6, 6.07) is 0. The van der Waals surface area contributed by atoms with Gasteiger partial charge >= 0.3 is 5.97 Å². The van der Waals surface area contributed by atoms with Crippen LogP contribution in [0.2, 0.25) is 0 Å². The molecular weight excluding hydrogens is 199 g/mol. The number of halogens is 2. The molecule has 0 heterocycles. The largest absolute Gasteiger partial charge is 0.481 e. The topological polar surface area (TPSA) is 37.3 Å². The first-order valence-electron chi connectivity index (χ1n) is 3.79. The monoisotopic (exact) mass is 210 g/mol. The minimum atomic E-state index is -0.757. The zero-order valence-corrected chi connectivity index (χ0v) is 8.24. The number of unbranched alkanes of at least 4 members (excludes halogenated alkanes) is 1. The summed E-state index contributed by atoms with van der Waals surface area (Å²) in [5, 5.41) is 9.03. The summed E-state index contributed by atoms with van der Waals surface area (Å²) in [6.07, 6.45) is 4.14. The Morgan fingerprint density at radius 2 is 1.92 bits per heavy atom. The maximum Gasteiger partial charge on any atom is 0.303 e. The highest BCUT2D eigenvalue weighted by Crippen LogP contribution is 2.12. The molecule has 1 N–H and O–H groups in total. The third kappa shape index (κ3) is 7.89. The molecule has 0 atom stereocenters. The number of hydrogen-bond donors (Lipinski definition) is 1. The van der Waals surface area contributed by atoms with Crippen molar-refractivity contribution >= 4 is 29.2 Å². The summed E-state index contributed by atoms with van der Waals surface area (Å²) in [4.78, 5) is 10.1. The van der Waals surface area contributed by atoms with E-state index in [0.29, 0.717) is 12.3 Å². The summed E-state index contributed by atoms with van der Waals surface area (Å²) in [5.41, 5.74) is 0. The molecule has 0 aliphatic heterocycles. The van der Waals surface area contributed by atoms with Crippen LogP contribution < -0.4 is 0 Å². The molecule has 0 radical (unpaired) electrons. The molecule has 4 heteroatoms. The molecule has 0 rings (SSSR count). The van der Waals surface area contributed by atoms with E-state index in [1.807, 2.05) is 0 Å². The van der Waals surface area contributed by atoms with Gasteiger partial charge in [0.1, 0.15) is 0 Å². The molecule has 0 fully saturated rings. The highest BCUT2D eigenvalue weighted by molar-refractivity contribution is 6.30. The summed E-state index contributed by atoms with van der Waals surface area (Å²) in [6.45, 7) is 0. The fourth-order valence-corrected chi connectivity index (χ4v) is 1.23. The van der Waals surface area contributed by atoms with Crippen LogP contribution in [0.25, 0.3) is 0 Å². The van der Waals surface area contributed by atoms with Crippen LogP contribution in [0.1, 0.15) is 25.7 Å². The molecule has 70 valence electrons. The number of aliphatic carboxylic acids is 1. The van der Waals surface area contributed by atoms with E-state index in [1.54, 1.807) is 6.08 Å². The van der Waals surface area contributed by atoms with Gasteiger partial charge in [-0.25, -0.2) is 0 Å². The van der Waals surface area contributed by atoms with Crippen LogP contribution in [-0.4, -0.2) is 17.0 Å². The first-order valence-corrected chi connectivity index (χ1v) is 4.70. The average Bonchev–Trinajstić information content (AvgIpc) is 1.98. The van der Waals surface area contributed by atoms with Crippen molar-refractivity contribution in [2.75, 3.05) is 5.88 Å². The van der Waals surface area contributed by atoms with Gasteiger partial charge in [-0.3, -0.25) is 4.79 Å². The van der Waals surface area contributed by atoms with Crippen molar-refractivity contribution in [1.29, 1.82) is 0 Å². The summed E-state index contributed by atoms with van der Waals surface area (Å²) in [5.74, 6) is -0.343. The van der Waals surface area contributed by atoms with Crippen molar-refractivity contribution < 1.29 is 9.90 Å². The van der Waals surface area contributed by atoms with Crippen molar-refractivity contribution in [3.05, 3.63) is 11.1 Å². The molecule has 0 aliphatic carbocycles. The maximum atomic E-state index is 10.1. The molecule has 0 saturated carbocycles. The summed E-state index contributed by atoms with van der Waals surface area (Å²) < 4.78 is 0. The molecule has 0 aromatic heterocycles. The summed E-state index contributed by atoms with van der Waals surface area (Å²) >= 11 is 11.1. The van der Waals surface area contributed by atoms with Gasteiger partial charge in [0.05, 0.1) is 0 Å². The van der Waals surface area contributed by atoms with Crippen LogP contribution in [0.3, 0.4) is 0 Å². The van der Waals surface area contributed by atoms with Crippen LogP contribution in [0.4, 0.5) is 0 Å². The number of carboxylic acid groups (broad SMARTS) is 1. The Morgan fingerprint density at radius 3 is 2.42 bits per heavy atom. The normalized spacial score (nSPS) is 11.7. The molecule has 0 spiro atoms. The van der Waals surface area contributed by atoms with Gasteiger partial charge < -0.3 is 5.11 Å².